The number of hydrogen-bond acceptors (Lipinski definition) is 3. The fourth-order valence-electron chi connectivity index (χ4n) is 1.71. The highest BCUT2D eigenvalue weighted by molar-refractivity contribution is 9.10. The molecule has 0 aliphatic heterocycles. The molecule has 0 aliphatic carbocycles. The fraction of sp³-hybridized carbons (Fsp3) is 0.143. The summed E-state index contributed by atoms with van der Waals surface area (Å²) in [5.41, 5.74) is 0.612. The van der Waals surface area contributed by atoms with Crippen molar-refractivity contribution in [1.82, 2.24) is 5.32 Å². The molecule has 1 heterocycles. The fourth-order valence-corrected chi connectivity index (χ4v) is 2.19. The first-order chi connectivity index (χ1) is 9.97. The number of nitrogens with one attached hydrogen (secondary N) is 2. The van der Waals surface area contributed by atoms with E-state index in [9.17, 15) is 9.59 Å². The van der Waals surface area contributed by atoms with E-state index in [4.69, 9.17) is 9.52 Å². The van der Waals surface area contributed by atoms with E-state index < -0.39 is 12.0 Å². The number of carbonyl (C=O) groups is 2. The number of carboxylic acid groups (broad SMARTS) is 1. The van der Waals surface area contributed by atoms with Gasteiger partial charge in [-0.2, -0.15) is 0 Å². The maximum absolute atomic E-state index is 11.9. The number of carboxylic acids is 1. The van der Waals surface area contributed by atoms with Gasteiger partial charge in [-0.1, -0.05) is 0 Å². The zero-order chi connectivity index (χ0) is 15.4. The highest BCUT2D eigenvalue weighted by atomic mass is 79.9. The Balaban J connectivity index is 2.01. The Bertz CT molecular complexity index is 655. The van der Waals surface area contributed by atoms with Crippen LogP contribution < -0.4 is 10.6 Å². The molecule has 110 valence electrons. The van der Waals surface area contributed by atoms with Gasteiger partial charge in [-0.3, -0.25) is 0 Å². The summed E-state index contributed by atoms with van der Waals surface area (Å²) in [5.74, 6) is -0.386. The van der Waals surface area contributed by atoms with Crippen LogP contribution in [0.3, 0.4) is 0 Å². The van der Waals surface area contributed by atoms with Gasteiger partial charge in [-0.05, 0) is 53.2 Å². The van der Waals surface area contributed by atoms with Crippen molar-refractivity contribution in [3.8, 4) is 0 Å². The van der Waals surface area contributed by atoms with Gasteiger partial charge in [0.15, 0.2) is 0 Å². The highest BCUT2D eigenvalue weighted by Gasteiger charge is 2.13. The van der Waals surface area contributed by atoms with Gasteiger partial charge in [-0.25, -0.2) is 9.59 Å². The van der Waals surface area contributed by atoms with Crippen molar-refractivity contribution in [2.75, 3.05) is 5.32 Å². The Morgan fingerprint density at radius 1 is 1.33 bits per heavy atom. The molecule has 0 bridgehead atoms. The van der Waals surface area contributed by atoms with Gasteiger partial charge < -0.3 is 20.2 Å². The normalized spacial score (nSPS) is 11.7. The third kappa shape index (κ3) is 3.85. The first-order valence-corrected chi connectivity index (χ1v) is 6.90. The maximum atomic E-state index is 11.9. The van der Waals surface area contributed by atoms with E-state index in [0.29, 0.717) is 15.9 Å². The molecule has 21 heavy (non-hydrogen) atoms. The van der Waals surface area contributed by atoms with Crippen LogP contribution in [0.15, 0.2) is 45.5 Å². The van der Waals surface area contributed by atoms with E-state index in [1.807, 2.05) is 0 Å². The molecule has 2 aromatic rings. The number of halogens is 1. The highest BCUT2D eigenvalue weighted by Crippen LogP contribution is 2.24. The molecule has 2 rings (SSSR count). The van der Waals surface area contributed by atoms with Crippen molar-refractivity contribution in [3.63, 3.8) is 0 Å². The first-order valence-electron chi connectivity index (χ1n) is 6.11. The first kappa shape index (κ1) is 15.1. The van der Waals surface area contributed by atoms with Crippen LogP contribution in [0.4, 0.5) is 10.5 Å². The zero-order valence-corrected chi connectivity index (χ0v) is 12.7. The Hall–Kier alpha value is -2.28. The molecule has 0 saturated heterocycles. The van der Waals surface area contributed by atoms with Crippen molar-refractivity contribution < 1.29 is 19.1 Å². The number of hydrogen-bond donors (Lipinski definition) is 3. The molecule has 0 spiro atoms. The second-order valence-electron chi connectivity index (χ2n) is 4.34. The number of rotatable bonds is 4. The van der Waals surface area contributed by atoms with E-state index in [0.717, 1.165) is 0 Å². The molecule has 0 aliphatic rings. The molecule has 1 aromatic carbocycles. The lowest BCUT2D eigenvalue weighted by atomic mass is 10.2. The van der Waals surface area contributed by atoms with Gasteiger partial charge in [0.05, 0.1) is 23.6 Å². The van der Waals surface area contributed by atoms with E-state index in [-0.39, 0.29) is 11.6 Å². The molecule has 0 radical (unpaired) electrons. The van der Waals surface area contributed by atoms with Crippen molar-refractivity contribution in [2.24, 2.45) is 0 Å². The molecule has 7 heteroatoms. The third-order valence-electron chi connectivity index (χ3n) is 2.78. The summed E-state index contributed by atoms with van der Waals surface area (Å²) in [7, 11) is 0. The average molecular weight is 353 g/mol. The standard InChI is InChI=1S/C14H13BrN2O4/c1-8(12-3-2-6-21-12)16-14(20)17-11-5-4-9(13(18)19)7-10(11)15/h2-8H,1H3,(H,18,19)(H2,16,17,20). The Morgan fingerprint density at radius 2 is 2.10 bits per heavy atom. The molecule has 1 unspecified atom stereocenters. The Labute approximate surface area is 129 Å². The summed E-state index contributed by atoms with van der Waals surface area (Å²) in [6.45, 7) is 1.79. The third-order valence-corrected chi connectivity index (χ3v) is 3.44. The molecule has 0 saturated carbocycles. The minimum absolute atomic E-state index is 0.136. The number of carbonyl (C=O) groups excluding carboxylic acids is 1. The second-order valence-corrected chi connectivity index (χ2v) is 5.19. The minimum Gasteiger partial charge on any atom is -0.478 e. The largest absolute Gasteiger partial charge is 0.478 e. The monoisotopic (exact) mass is 352 g/mol. The molecule has 1 aromatic heterocycles. The van der Waals surface area contributed by atoms with Gasteiger partial charge in [-0.15, -0.1) is 0 Å². The summed E-state index contributed by atoms with van der Waals surface area (Å²) in [4.78, 5) is 22.7. The van der Waals surface area contributed by atoms with Crippen LogP contribution in [0, 0.1) is 0 Å². The van der Waals surface area contributed by atoms with Crippen LogP contribution in [0.2, 0.25) is 0 Å². The topological polar surface area (TPSA) is 91.6 Å². The van der Waals surface area contributed by atoms with E-state index in [1.54, 1.807) is 19.1 Å². The molecule has 2 amide bonds. The molecule has 3 N–H and O–H groups in total. The minimum atomic E-state index is -1.03. The van der Waals surface area contributed by atoms with Crippen molar-refractivity contribution in [3.05, 3.63) is 52.4 Å². The summed E-state index contributed by atoms with van der Waals surface area (Å²) in [5, 5.41) is 14.2. The SMILES string of the molecule is CC(NC(=O)Nc1ccc(C(=O)O)cc1Br)c1ccco1. The van der Waals surface area contributed by atoms with E-state index in [2.05, 4.69) is 26.6 Å². The summed E-state index contributed by atoms with van der Waals surface area (Å²) < 4.78 is 5.68. The van der Waals surface area contributed by atoms with E-state index >= 15 is 0 Å². The van der Waals surface area contributed by atoms with Gasteiger partial charge in [0.1, 0.15) is 5.76 Å². The molecule has 1 atom stereocenters. The predicted molar refractivity (Wildman–Crippen MR) is 80.4 cm³/mol. The van der Waals surface area contributed by atoms with Crippen LogP contribution in [-0.2, 0) is 0 Å². The number of anilines is 1. The Morgan fingerprint density at radius 3 is 2.67 bits per heavy atom. The second kappa shape index (κ2) is 6.45. The van der Waals surface area contributed by atoms with Gasteiger partial charge >= 0.3 is 12.0 Å². The number of urea groups is 1. The maximum Gasteiger partial charge on any atom is 0.335 e. The lowest BCUT2D eigenvalue weighted by Crippen LogP contribution is -2.31. The number of benzene rings is 1. The van der Waals surface area contributed by atoms with E-state index in [1.165, 1.54) is 24.5 Å². The van der Waals surface area contributed by atoms with Crippen LogP contribution in [0.1, 0.15) is 29.1 Å². The molecular formula is C14H13BrN2O4. The average Bonchev–Trinajstić information content (AvgIpc) is 2.94. The van der Waals surface area contributed by atoms with Crippen LogP contribution in [0.25, 0.3) is 0 Å². The molecular weight excluding hydrogens is 340 g/mol. The lowest BCUT2D eigenvalue weighted by molar-refractivity contribution is 0.0697. The molecule has 0 fully saturated rings. The quantitative estimate of drug-likeness (QED) is 0.783. The lowest BCUT2D eigenvalue weighted by Gasteiger charge is -2.13. The summed E-state index contributed by atoms with van der Waals surface area (Å²) in [6, 6.07) is 7.17. The number of amides is 2. The molecule has 6 nitrogen and oxygen atoms in total. The summed E-state index contributed by atoms with van der Waals surface area (Å²) >= 11 is 3.22. The van der Waals surface area contributed by atoms with Crippen molar-refractivity contribution in [2.45, 2.75) is 13.0 Å². The van der Waals surface area contributed by atoms with Crippen LogP contribution >= 0.6 is 15.9 Å². The number of furan rings is 1. The summed E-state index contributed by atoms with van der Waals surface area (Å²) in [6.07, 6.45) is 1.53. The van der Waals surface area contributed by atoms with Crippen LogP contribution in [0.5, 0.6) is 0 Å². The van der Waals surface area contributed by atoms with Gasteiger partial charge in [0.25, 0.3) is 0 Å². The smallest absolute Gasteiger partial charge is 0.335 e. The Kier molecular flexibility index (Phi) is 4.64. The predicted octanol–water partition coefficient (Wildman–Crippen LogP) is 3.62. The van der Waals surface area contributed by atoms with Crippen molar-refractivity contribution >= 4 is 33.6 Å². The van der Waals surface area contributed by atoms with Crippen molar-refractivity contribution in [1.29, 1.82) is 0 Å². The zero-order valence-electron chi connectivity index (χ0n) is 11.1. The number of aromatic carboxylic acids is 1. The van der Waals surface area contributed by atoms with Gasteiger partial charge in [0, 0.05) is 4.47 Å². The van der Waals surface area contributed by atoms with Crippen LogP contribution in [-0.4, -0.2) is 17.1 Å². The van der Waals surface area contributed by atoms with Gasteiger partial charge in [0.2, 0.25) is 0 Å².